The van der Waals surface area contributed by atoms with Crippen LogP contribution in [0.4, 0.5) is 4.39 Å². The molecule has 0 aliphatic carbocycles. The third-order valence-electron chi connectivity index (χ3n) is 3.78. The lowest BCUT2D eigenvalue weighted by molar-refractivity contribution is 0.104. The van der Waals surface area contributed by atoms with Crippen LogP contribution in [0.3, 0.4) is 0 Å². The van der Waals surface area contributed by atoms with Gasteiger partial charge in [-0.15, -0.1) is 0 Å². The Morgan fingerprint density at radius 2 is 1.70 bits per heavy atom. The van der Waals surface area contributed by atoms with E-state index in [9.17, 15) is 4.39 Å². The van der Waals surface area contributed by atoms with Crippen LogP contribution >= 0.6 is 0 Å². The molecule has 1 aromatic carbocycles. The van der Waals surface area contributed by atoms with E-state index >= 15 is 0 Å². The Balaban J connectivity index is 0.000000956. The highest BCUT2D eigenvalue weighted by Crippen LogP contribution is 2.13. The molecule has 1 heterocycles. The second kappa shape index (κ2) is 8.38. The van der Waals surface area contributed by atoms with Crippen molar-refractivity contribution in [2.45, 2.75) is 47.2 Å². The zero-order valence-electron chi connectivity index (χ0n) is 13.6. The van der Waals surface area contributed by atoms with E-state index in [0.717, 1.165) is 43.9 Å². The number of piperazine rings is 1. The van der Waals surface area contributed by atoms with Crippen LogP contribution in [-0.4, -0.2) is 42.0 Å². The zero-order valence-corrected chi connectivity index (χ0v) is 13.6. The highest BCUT2D eigenvalue weighted by Gasteiger charge is 2.18. The predicted octanol–water partition coefficient (Wildman–Crippen LogP) is 3.69. The topological polar surface area (TPSA) is 6.48 Å². The fourth-order valence-electron chi connectivity index (χ4n) is 2.43. The van der Waals surface area contributed by atoms with Crippen LogP contribution in [0.15, 0.2) is 18.2 Å². The number of aryl methyl sites for hydroxylation is 1. The normalized spacial score (nSPS) is 16.9. The minimum Gasteiger partial charge on any atom is -0.298 e. The van der Waals surface area contributed by atoms with Crippen LogP contribution in [-0.2, 0) is 6.54 Å². The smallest absolute Gasteiger partial charge is 0.126 e. The summed E-state index contributed by atoms with van der Waals surface area (Å²) in [5.41, 5.74) is 1.81. The van der Waals surface area contributed by atoms with Crippen molar-refractivity contribution in [1.29, 1.82) is 0 Å². The molecule has 0 bridgehead atoms. The summed E-state index contributed by atoms with van der Waals surface area (Å²) in [5, 5.41) is 0. The third-order valence-corrected chi connectivity index (χ3v) is 3.78. The summed E-state index contributed by atoms with van der Waals surface area (Å²) in [6, 6.07) is 6.20. The highest BCUT2D eigenvalue weighted by atomic mass is 19.1. The number of benzene rings is 1. The quantitative estimate of drug-likeness (QED) is 0.833. The lowest BCUT2D eigenvalue weighted by Gasteiger charge is -2.36. The summed E-state index contributed by atoms with van der Waals surface area (Å²) in [5.74, 6) is -0.0895. The molecule has 2 nitrogen and oxygen atoms in total. The van der Waals surface area contributed by atoms with Gasteiger partial charge < -0.3 is 0 Å². The molecule has 2 rings (SSSR count). The fourth-order valence-corrected chi connectivity index (χ4v) is 2.43. The van der Waals surface area contributed by atoms with E-state index in [2.05, 4.69) is 23.6 Å². The summed E-state index contributed by atoms with van der Waals surface area (Å²) in [7, 11) is 0. The molecule has 1 aromatic rings. The number of hydrogen-bond donors (Lipinski definition) is 0. The Morgan fingerprint density at radius 1 is 1.10 bits per heavy atom. The molecule has 0 saturated carbocycles. The highest BCUT2D eigenvalue weighted by molar-refractivity contribution is 5.23. The molecule has 0 radical (unpaired) electrons. The van der Waals surface area contributed by atoms with Gasteiger partial charge in [-0.3, -0.25) is 9.80 Å². The molecular formula is C17H29FN2. The molecule has 0 N–H and O–H groups in total. The van der Waals surface area contributed by atoms with Gasteiger partial charge in [-0.2, -0.15) is 0 Å². The van der Waals surface area contributed by atoms with Crippen LogP contribution in [0.25, 0.3) is 0 Å². The molecule has 1 saturated heterocycles. The van der Waals surface area contributed by atoms with E-state index in [4.69, 9.17) is 0 Å². The van der Waals surface area contributed by atoms with Crippen molar-refractivity contribution in [2.24, 2.45) is 0 Å². The summed E-state index contributed by atoms with van der Waals surface area (Å²) in [6.07, 6.45) is 0. The number of halogens is 1. The van der Waals surface area contributed by atoms with E-state index in [0.29, 0.717) is 6.04 Å². The maximum atomic E-state index is 13.5. The molecule has 0 atom stereocenters. The number of nitrogens with zero attached hydrogens (tertiary/aromatic N) is 2. The Bertz CT molecular complexity index is 396. The van der Waals surface area contributed by atoms with Gasteiger partial charge in [-0.25, -0.2) is 4.39 Å². The SMILES string of the molecule is CC.Cc1ccc(CN2CCN(C(C)C)CC2)cc1F. The van der Waals surface area contributed by atoms with Crippen LogP contribution in [0.1, 0.15) is 38.8 Å². The zero-order chi connectivity index (χ0) is 15.1. The van der Waals surface area contributed by atoms with Gasteiger partial charge >= 0.3 is 0 Å². The van der Waals surface area contributed by atoms with Gasteiger partial charge in [0.1, 0.15) is 5.82 Å². The van der Waals surface area contributed by atoms with Crippen LogP contribution < -0.4 is 0 Å². The van der Waals surface area contributed by atoms with Gasteiger partial charge in [-0.1, -0.05) is 26.0 Å². The van der Waals surface area contributed by atoms with Gasteiger partial charge in [0.25, 0.3) is 0 Å². The second-order valence-corrected chi connectivity index (χ2v) is 5.49. The molecular weight excluding hydrogens is 251 g/mol. The molecule has 1 aliphatic rings. The van der Waals surface area contributed by atoms with Gasteiger partial charge in [0.2, 0.25) is 0 Å². The molecule has 114 valence electrons. The largest absolute Gasteiger partial charge is 0.298 e. The maximum Gasteiger partial charge on any atom is 0.126 e. The first-order valence-electron chi connectivity index (χ1n) is 7.77. The molecule has 1 aliphatic heterocycles. The minimum absolute atomic E-state index is 0.0895. The third kappa shape index (κ3) is 4.88. The predicted molar refractivity (Wildman–Crippen MR) is 84.5 cm³/mol. The molecule has 0 aromatic heterocycles. The van der Waals surface area contributed by atoms with Crippen molar-refractivity contribution in [2.75, 3.05) is 26.2 Å². The molecule has 0 amide bonds. The van der Waals surface area contributed by atoms with E-state index in [1.165, 1.54) is 0 Å². The fraction of sp³-hybridized carbons (Fsp3) is 0.647. The van der Waals surface area contributed by atoms with Crippen molar-refractivity contribution in [1.82, 2.24) is 9.80 Å². The van der Waals surface area contributed by atoms with Crippen LogP contribution in [0, 0.1) is 12.7 Å². The average Bonchev–Trinajstić information content (AvgIpc) is 2.46. The first kappa shape index (κ1) is 17.1. The summed E-state index contributed by atoms with van der Waals surface area (Å²) in [4.78, 5) is 4.90. The number of rotatable bonds is 3. The maximum absolute atomic E-state index is 13.5. The summed E-state index contributed by atoms with van der Waals surface area (Å²) in [6.45, 7) is 15.5. The monoisotopic (exact) mass is 280 g/mol. The van der Waals surface area contributed by atoms with Gasteiger partial charge in [0.05, 0.1) is 0 Å². The first-order valence-corrected chi connectivity index (χ1v) is 7.77. The summed E-state index contributed by atoms with van der Waals surface area (Å²) < 4.78 is 13.5. The van der Waals surface area contributed by atoms with Crippen molar-refractivity contribution in [3.05, 3.63) is 35.1 Å². The van der Waals surface area contributed by atoms with Crippen molar-refractivity contribution in [3.63, 3.8) is 0 Å². The van der Waals surface area contributed by atoms with Crippen molar-refractivity contribution in [3.8, 4) is 0 Å². The van der Waals surface area contributed by atoms with E-state index in [1.54, 1.807) is 13.0 Å². The van der Waals surface area contributed by atoms with Crippen molar-refractivity contribution < 1.29 is 4.39 Å². The molecule has 20 heavy (non-hydrogen) atoms. The van der Waals surface area contributed by atoms with Gasteiger partial charge in [0.15, 0.2) is 0 Å². The standard InChI is InChI=1S/C15H23FN2.C2H6/c1-12(2)18-8-6-17(7-9-18)11-14-5-4-13(3)15(16)10-14;1-2/h4-5,10,12H,6-9,11H2,1-3H3;1-2H3. The molecule has 0 spiro atoms. The van der Waals surface area contributed by atoms with Crippen LogP contribution in [0.2, 0.25) is 0 Å². The second-order valence-electron chi connectivity index (χ2n) is 5.49. The molecule has 1 fully saturated rings. The minimum atomic E-state index is -0.0895. The van der Waals surface area contributed by atoms with Crippen LogP contribution in [0.5, 0.6) is 0 Å². The Kier molecular flexibility index (Phi) is 7.17. The Labute approximate surface area is 123 Å². The van der Waals surface area contributed by atoms with E-state index in [1.807, 2.05) is 26.0 Å². The molecule has 3 heteroatoms. The Hall–Kier alpha value is -0.930. The lowest BCUT2D eigenvalue weighted by atomic mass is 10.1. The first-order chi connectivity index (χ1) is 9.56. The Morgan fingerprint density at radius 3 is 2.20 bits per heavy atom. The van der Waals surface area contributed by atoms with Gasteiger partial charge in [-0.05, 0) is 38.0 Å². The van der Waals surface area contributed by atoms with Crippen molar-refractivity contribution >= 4 is 0 Å². The van der Waals surface area contributed by atoms with E-state index in [-0.39, 0.29) is 5.82 Å². The average molecular weight is 280 g/mol. The molecule has 0 unspecified atom stereocenters. The van der Waals surface area contributed by atoms with E-state index < -0.39 is 0 Å². The lowest BCUT2D eigenvalue weighted by Crippen LogP contribution is -2.48. The summed E-state index contributed by atoms with van der Waals surface area (Å²) >= 11 is 0. The number of hydrogen-bond acceptors (Lipinski definition) is 2. The van der Waals surface area contributed by atoms with Gasteiger partial charge in [0, 0.05) is 38.8 Å².